The molecule has 2 atom stereocenters. The van der Waals surface area contributed by atoms with Gasteiger partial charge in [0.15, 0.2) is 5.78 Å². The number of para-hydroxylation sites is 1. The summed E-state index contributed by atoms with van der Waals surface area (Å²) in [4.78, 5) is 31.4. The molecule has 2 aliphatic rings. The number of benzene rings is 1. The largest absolute Gasteiger partial charge is 0.465 e. The van der Waals surface area contributed by atoms with Crippen molar-refractivity contribution in [2.75, 3.05) is 19.7 Å². The number of nitrogens with zero attached hydrogens (tertiary/aromatic N) is 1. The molecule has 25 heavy (non-hydrogen) atoms. The maximum Gasteiger partial charge on any atom is 0.320 e. The molecule has 1 N–H and O–H groups in total. The fourth-order valence-electron chi connectivity index (χ4n) is 4.50. The van der Waals surface area contributed by atoms with Gasteiger partial charge < -0.3 is 9.72 Å². The van der Waals surface area contributed by atoms with Crippen LogP contribution in [-0.4, -0.2) is 41.3 Å². The van der Waals surface area contributed by atoms with Gasteiger partial charge in [0.05, 0.1) is 12.6 Å². The number of Topliss-reactive ketones (excluding diaryl/α,β-unsaturated/α-hetero) is 1. The van der Waals surface area contributed by atoms with Crippen LogP contribution in [0, 0.1) is 5.41 Å². The van der Waals surface area contributed by atoms with Crippen molar-refractivity contribution in [1.82, 2.24) is 9.88 Å². The van der Waals surface area contributed by atoms with E-state index in [0.717, 1.165) is 24.2 Å². The first-order valence-electron chi connectivity index (χ1n) is 9.14. The van der Waals surface area contributed by atoms with Crippen molar-refractivity contribution in [1.29, 1.82) is 0 Å². The molecule has 3 heterocycles. The number of hydrogen-bond acceptors (Lipinski definition) is 4. The van der Waals surface area contributed by atoms with Crippen molar-refractivity contribution in [3.8, 4) is 0 Å². The number of fused-ring (bicyclic) bond motifs is 5. The third kappa shape index (κ3) is 2.33. The van der Waals surface area contributed by atoms with E-state index in [4.69, 9.17) is 4.74 Å². The lowest BCUT2D eigenvalue weighted by molar-refractivity contribution is -0.166. The zero-order chi connectivity index (χ0) is 17.6. The third-order valence-corrected chi connectivity index (χ3v) is 5.92. The highest BCUT2D eigenvalue weighted by molar-refractivity contribution is 6.05. The maximum absolute atomic E-state index is 13.0. The molecule has 132 valence electrons. The first-order valence-corrected chi connectivity index (χ1v) is 9.14. The summed E-state index contributed by atoms with van der Waals surface area (Å²) < 4.78 is 5.25. The summed E-state index contributed by atoms with van der Waals surface area (Å²) in [6.07, 6.45) is 1.80. The number of rotatable bonds is 3. The zero-order valence-corrected chi connectivity index (χ0v) is 14.8. The molecule has 2 aliphatic heterocycles. The van der Waals surface area contributed by atoms with Gasteiger partial charge in [0.2, 0.25) is 0 Å². The summed E-state index contributed by atoms with van der Waals surface area (Å²) in [5, 5.41) is 1.25. The number of ether oxygens (including phenoxy) is 1. The van der Waals surface area contributed by atoms with Crippen LogP contribution < -0.4 is 0 Å². The Hall–Kier alpha value is -2.14. The van der Waals surface area contributed by atoms with Gasteiger partial charge in [-0.3, -0.25) is 14.5 Å². The first-order chi connectivity index (χ1) is 12.1. The van der Waals surface area contributed by atoms with E-state index in [1.165, 1.54) is 10.9 Å². The molecule has 1 aromatic heterocycles. The summed E-state index contributed by atoms with van der Waals surface area (Å²) in [5.74, 6) is -0.343. The van der Waals surface area contributed by atoms with E-state index in [-0.39, 0.29) is 17.8 Å². The number of aromatic amines is 1. The van der Waals surface area contributed by atoms with Crippen LogP contribution in [0.4, 0.5) is 0 Å². The molecule has 0 unspecified atom stereocenters. The second-order valence-corrected chi connectivity index (χ2v) is 7.08. The van der Waals surface area contributed by atoms with E-state index >= 15 is 0 Å². The zero-order valence-electron chi connectivity index (χ0n) is 14.8. The lowest BCUT2D eigenvalue weighted by Gasteiger charge is -2.46. The van der Waals surface area contributed by atoms with Gasteiger partial charge in [-0.2, -0.15) is 0 Å². The smallest absolute Gasteiger partial charge is 0.320 e. The van der Waals surface area contributed by atoms with Gasteiger partial charge in [-0.25, -0.2) is 0 Å². The molecule has 4 rings (SSSR count). The van der Waals surface area contributed by atoms with Crippen LogP contribution in [0.5, 0.6) is 0 Å². The molecule has 1 aromatic carbocycles. The van der Waals surface area contributed by atoms with E-state index in [1.54, 1.807) is 6.92 Å². The van der Waals surface area contributed by atoms with Gasteiger partial charge in [0.1, 0.15) is 5.41 Å². The normalized spacial score (nSPS) is 26.3. The van der Waals surface area contributed by atoms with Gasteiger partial charge in [-0.05, 0) is 31.4 Å². The Morgan fingerprint density at radius 1 is 1.36 bits per heavy atom. The summed E-state index contributed by atoms with van der Waals surface area (Å²) in [6.45, 7) is 5.33. The topological polar surface area (TPSA) is 62.4 Å². The average Bonchev–Trinajstić information content (AvgIpc) is 3.00. The Labute approximate surface area is 147 Å². The van der Waals surface area contributed by atoms with Gasteiger partial charge >= 0.3 is 5.97 Å². The number of H-pyrrole nitrogens is 1. The van der Waals surface area contributed by atoms with Crippen molar-refractivity contribution < 1.29 is 14.3 Å². The van der Waals surface area contributed by atoms with Crippen LogP contribution in [0.1, 0.15) is 44.0 Å². The minimum Gasteiger partial charge on any atom is -0.465 e. The Balaban J connectivity index is 1.71. The Kier molecular flexibility index (Phi) is 3.91. The van der Waals surface area contributed by atoms with Gasteiger partial charge in [-0.15, -0.1) is 0 Å². The van der Waals surface area contributed by atoms with Crippen LogP contribution in [0.25, 0.3) is 10.9 Å². The SMILES string of the molecule is CCOC(=O)[C@]1(CC)CN2CCc3c([nH]c4ccccc34)[C@H]2CC1=O. The van der Waals surface area contributed by atoms with Gasteiger partial charge in [0, 0.05) is 36.1 Å². The molecular weight excluding hydrogens is 316 g/mol. The van der Waals surface area contributed by atoms with Crippen LogP contribution >= 0.6 is 0 Å². The molecule has 2 aromatic rings. The number of piperidine rings is 1. The number of esters is 1. The second-order valence-electron chi connectivity index (χ2n) is 7.08. The second kappa shape index (κ2) is 5.99. The van der Waals surface area contributed by atoms with Crippen molar-refractivity contribution in [3.05, 3.63) is 35.5 Å². The molecule has 0 radical (unpaired) electrons. The number of aromatic nitrogens is 1. The van der Waals surface area contributed by atoms with Crippen molar-refractivity contribution in [2.45, 2.75) is 39.2 Å². The summed E-state index contributed by atoms with van der Waals surface area (Å²) in [6, 6.07) is 8.34. The predicted molar refractivity (Wildman–Crippen MR) is 95.3 cm³/mol. The number of nitrogens with one attached hydrogen (secondary N) is 1. The highest BCUT2D eigenvalue weighted by Gasteiger charge is 2.53. The summed E-state index contributed by atoms with van der Waals surface area (Å²) >= 11 is 0. The van der Waals surface area contributed by atoms with Crippen LogP contribution in [0.3, 0.4) is 0 Å². The molecule has 5 heteroatoms. The lowest BCUT2D eigenvalue weighted by atomic mass is 9.72. The standard InChI is InChI=1S/C20H24N2O3/c1-3-20(19(24)25-4-2)12-22-10-9-14-13-7-5-6-8-15(13)21-18(14)16(22)11-17(20)23/h5-8,16,21H,3-4,9-12H2,1-2H3/t16-,20-/m1/s1. The molecule has 0 amide bonds. The highest BCUT2D eigenvalue weighted by atomic mass is 16.5. The molecule has 5 nitrogen and oxygen atoms in total. The fourth-order valence-corrected chi connectivity index (χ4v) is 4.50. The maximum atomic E-state index is 13.0. The molecule has 0 aliphatic carbocycles. The van der Waals surface area contributed by atoms with Crippen molar-refractivity contribution in [2.24, 2.45) is 5.41 Å². The quantitative estimate of drug-likeness (QED) is 0.689. The van der Waals surface area contributed by atoms with E-state index in [1.807, 2.05) is 13.0 Å². The number of carbonyl (C=O) groups excluding carboxylic acids is 2. The third-order valence-electron chi connectivity index (χ3n) is 5.92. The summed E-state index contributed by atoms with van der Waals surface area (Å²) in [5.41, 5.74) is 2.59. The number of hydrogen-bond donors (Lipinski definition) is 1. The van der Waals surface area contributed by atoms with Crippen LogP contribution in [-0.2, 0) is 20.7 Å². The van der Waals surface area contributed by atoms with E-state index < -0.39 is 5.41 Å². The molecule has 0 saturated carbocycles. The molecule has 0 spiro atoms. The highest BCUT2D eigenvalue weighted by Crippen LogP contribution is 2.44. The average molecular weight is 340 g/mol. The lowest BCUT2D eigenvalue weighted by Crippen LogP contribution is -2.56. The van der Waals surface area contributed by atoms with Crippen LogP contribution in [0.15, 0.2) is 24.3 Å². The minimum atomic E-state index is -1.00. The van der Waals surface area contributed by atoms with E-state index in [2.05, 4.69) is 28.1 Å². The number of carbonyl (C=O) groups is 2. The molecule has 1 saturated heterocycles. The van der Waals surface area contributed by atoms with Crippen LogP contribution in [0.2, 0.25) is 0 Å². The summed E-state index contributed by atoms with van der Waals surface area (Å²) in [7, 11) is 0. The van der Waals surface area contributed by atoms with Crippen molar-refractivity contribution in [3.63, 3.8) is 0 Å². The van der Waals surface area contributed by atoms with E-state index in [9.17, 15) is 9.59 Å². The fraction of sp³-hybridized carbons (Fsp3) is 0.500. The van der Waals surface area contributed by atoms with Gasteiger partial charge in [0.25, 0.3) is 0 Å². The molecule has 1 fully saturated rings. The van der Waals surface area contributed by atoms with Gasteiger partial charge in [-0.1, -0.05) is 25.1 Å². The number of ketones is 1. The van der Waals surface area contributed by atoms with E-state index in [0.29, 0.717) is 26.0 Å². The molecular formula is C20H24N2O3. The monoisotopic (exact) mass is 340 g/mol. The predicted octanol–water partition coefficient (Wildman–Crippen LogP) is 3.00. The van der Waals surface area contributed by atoms with Crippen molar-refractivity contribution >= 4 is 22.7 Å². The Morgan fingerprint density at radius 3 is 2.92 bits per heavy atom. The Bertz CT molecular complexity index is 841. The first kappa shape index (κ1) is 16.3. The minimum absolute atomic E-state index is 0.0150. The Morgan fingerprint density at radius 2 is 2.16 bits per heavy atom. The molecule has 0 bridgehead atoms.